The fourth-order valence-corrected chi connectivity index (χ4v) is 4.81. The highest BCUT2D eigenvalue weighted by atomic mass is 32.2. The summed E-state index contributed by atoms with van der Waals surface area (Å²) in [7, 11) is 2.16. The second-order valence-electron chi connectivity index (χ2n) is 7.76. The minimum absolute atomic E-state index is 0.0125. The number of rotatable bonds is 6. The molecule has 0 unspecified atom stereocenters. The van der Waals surface area contributed by atoms with E-state index in [0.717, 1.165) is 54.6 Å². The van der Waals surface area contributed by atoms with Gasteiger partial charge in [0.25, 0.3) is 0 Å². The van der Waals surface area contributed by atoms with Gasteiger partial charge in [0.15, 0.2) is 5.16 Å². The van der Waals surface area contributed by atoms with Crippen LogP contribution < -0.4 is 10.2 Å². The molecule has 6 nitrogen and oxygen atoms in total. The van der Waals surface area contributed by atoms with Crippen molar-refractivity contribution in [1.82, 2.24) is 14.5 Å². The van der Waals surface area contributed by atoms with E-state index in [1.807, 2.05) is 24.3 Å². The molecule has 1 saturated heterocycles. The number of hydrogen-bond donors (Lipinski definition) is 1. The predicted molar refractivity (Wildman–Crippen MR) is 126 cm³/mol. The molecule has 2 heterocycles. The number of para-hydroxylation sites is 2. The van der Waals surface area contributed by atoms with Crippen LogP contribution in [0.15, 0.2) is 47.6 Å². The number of fused-ring (bicyclic) bond motifs is 1. The zero-order valence-corrected chi connectivity index (χ0v) is 18.7. The molecule has 0 saturated carbocycles. The number of carbonyl (C=O) groups excluding carboxylic acids is 1. The zero-order chi connectivity index (χ0) is 21.1. The molecule has 0 bridgehead atoms. The van der Waals surface area contributed by atoms with Crippen molar-refractivity contribution < 1.29 is 4.79 Å². The summed E-state index contributed by atoms with van der Waals surface area (Å²) >= 11 is 1.48. The summed E-state index contributed by atoms with van der Waals surface area (Å²) in [6.07, 6.45) is 0. The standard InChI is InChI=1S/C23H29N5OS/c1-4-28-21-8-6-5-7-19(21)25-23(28)30-16-22(29)24-18-9-10-20(17(2)15-18)27-13-11-26(3)12-14-27/h5-10,15H,4,11-14,16H2,1-3H3,(H,24,29). The van der Waals surface area contributed by atoms with Crippen LogP contribution in [0.5, 0.6) is 0 Å². The number of aryl methyl sites for hydroxylation is 2. The van der Waals surface area contributed by atoms with Gasteiger partial charge in [-0.3, -0.25) is 4.79 Å². The number of piperazine rings is 1. The van der Waals surface area contributed by atoms with Crippen molar-refractivity contribution in [3.63, 3.8) is 0 Å². The van der Waals surface area contributed by atoms with Gasteiger partial charge >= 0.3 is 0 Å². The Morgan fingerprint density at radius 2 is 1.90 bits per heavy atom. The largest absolute Gasteiger partial charge is 0.369 e. The molecule has 0 spiro atoms. The lowest BCUT2D eigenvalue weighted by Gasteiger charge is -2.35. The molecule has 1 amide bonds. The third-order valence-corrected chi connectivity index (χ3v) is 6.57. The highest BCUT2D eigenvalue weighted by molar-refractivity contribution is 7.99. The summed E-state index contributed by atoms with van der Waals surface area (Å²) in [4.78, 5) is 22.0. The fraction of sp³-hybridized carbons (Fsp3) is 0.391. The minimum Gasteiger partial charge on any atom is -0.369 e. The first-order valence-electron chi connectivity index (χ1n) is 10.5. The molecule has 1 fully saturated rings. The van der Waals surface area contributed by atoms with Crippen molar-refractivity contribution in [2.24, 2.45) is 0 Å². The van der Waals surface area contributed by atoms with Crippen molar-refractivity contribution in [2.75, 3.05) is 49.2 Å². The van der Waals surface area contributed by atoms with Crippen LogP contribution in [0.25, 0.3) is 11.0 Å². The first-order chi connectivity index (χ1) is 14.5. The van der Waals surface area contributed by atoms with Crippen molar-refractivity contribution in [3.8, 4) is 0 Å². The molecule has 7 heteroatoms. The third kappa shape index (κ3) is 4.47. The van der Waals surface area contributed by atoms with E-state index in [9.17, 15) is 4.79 Å². The number of aromatic nitrogens is 2. The first-order valence-corrected chi connectivity index (χ1v) is 11.5. The third-order valence-electron chi connectivity index (χ3n) is 5.59. The molecule has 2 aromatic carbocycles. The maximum atomic E-state index is 12.5. The van der Waals surface area contributed by atoms with Crippen LogP contribution in [0.4, 0.5) is 11.4 Å². The molecule has 1 aliphatic rings. The normalized spacial score (nSPS) is 15.0. The average molecular weight is 424 g/mol. The predicted octanol–water partition coefficient (Wildman–Crippen LogP) is 3.85. The molecule has 0 radical (unpaired) electrons. The van der Waals surface area contributed by atoms with Crippen LogP contribution in [0.3, 0.4) is 0 Å². The van der Waals surface area contributed by atoms with Gasteiger partial charge in [-0.15, -0.1) is 0 Å². The number of carbonyl (C=O) groups is 1. The second-order valence-corrected chi connectivity index (χ2v) is 8.70. The first kappa shape index (κ1) is 20.8. The Morgan fingerprint density at radius 1 is 1.13 bits per heavy atom. The van der Waals surface area contributed by atoms with E-state index in [-0.39, 0.29) is 5.91 Å². The highest BCUT2D eigenvalue weighted by Gasteiger charge is 2.16. The van der Waals surface area contributed by atoms with Crippen LogP contribution in [0, 0.1) is 6.92 Å². The topological polar surface area (TPSA) is 53.4 Å². The quantitative estimate of drug-likeness (QED) is 0.611. The number of nitrogens with zero attached hydrogens (tertiary/aromatic N) is 4. The number of thioether (sulfide) groups is 1. The molecular weight excluding hydrogens is 394 g/mol. The number of anilines is 2. The molecule has 3 aromatic rings. The molecule has 4 rings (SSSR count). The van der Waals surface area contributed by atoms with Gasteiger partial charge < -0.3 is 19.7 Å². The Balaban J connectivity index is 1.38. The Hall–Kier alpha value is -2.51. The Kier molecular flexibility index (Phi) is 6.29. The van der Waals surface area contributed by atoms with Gasteiger partial charge in [-0.2, -0.15) is 0 Å². The maximum absolute atomic E-state index is 12.5. The van der Waals surface area contributed by atoms with Gasteiger partial charge in [-0.1, -0.05) is 23.9 Å². The van der Waals surface area contributed by atoms with Crippen LogP contribution in [-0.2, 0) is 11.3 Å². The molecule has 0 aliphatic carbocycles. The summed E-state index contributed by atoms with van der Waals surface area (Å²) in [6, 6.07) is 14.3. The van der Waals surface area contributed by atoms with E-state index in [1.165, 1.54) is 23.0 Å². The van der Waals surface area contributed by atoms with Crippen LogP contribution in [0.1, 0.15) is 12.5 Å². The van der Waals surface area contributed by atoms with E-state index in [0.29, 0.717) is 5.75 Å². The number of imidazole rings is 1. The summed E-state index contributed by atoms with van der Waals surface area (Å²) in [5, 5.41) is 3.92. The minimum atomic E-state index is -0.0125. The van der Waals surface area contributed by atoms with Gasteiger partial charge in [0.2, 0.25) is 5.91 Å². The van der Waals surface area contributed by atoms with Crippen molar-refractivity contribution in [2.45, 2.75) is 25.5 Å². The average Bonchev–Trinajstić information content (AvgIpc) is 3.11. The van der Waals surface area contributed by atoms with Crippen LogP contribution >= 0.6 is 11.8 Å². The zero-order valence-electron chi connectivity index (χ0n) is 17.9. The lowest BCUT2D eigenvalue weighted by molar-refractivity contribution is -0.113. The summed E-state index contributed by atoms with van der Waals surface area (Å²) in [6.45, 7) is 9.29. The lowest BCUT2D eigenvalue weighted by atomic mass is 10.1. The Labute approximate surface area is 182 Å². The van der Waals surface area contributed by atoms with Gasteiger partial charge in [-0.25, -0.2) is 4.98 Å². The number of hydrogen-bond acceptors (Lipinski definition) is 5. The molecule has 0 atom stereocenters. The summed E-state index contributed by atoms with van der Waals surface area (Å²) < 4.78 is 2.16. The van der Waals surface area contributed by atoms with E-state index in [1.54, 1.807) is 0 Å². The molecule has 1 aliphatic heterocycles. The second kappa shape index (κ2) is 9.10. The number of amides is 1. The highest BCUT2D eigenvalue weighted by Crippen LogP contribution is 2.26. The number of nitrogens with one attached hydrogen (secondary N) is 1. The van der Waals surface area contributed by atoms with Gasteiger partial charge in [0.1, 0.15) is 0 Å². The summed E-state index contributed by atoms with van der Waals surface area (Å²) in [5.41, 5.74) is 5.38. The smallest absolute Gasteiger partial charge is 0.234 e. The van der Waals surface area contributed by atoms with Crippen LogP contribution in [0.2, 0.25) is 0 Å². The van der Waals surface area contributed by atoms with E-state index in [4.69, 9.17) is 0 Å². The van der Waals surface area contributed by atoms with Crippen molar-refractivity contribution in [1.29, 1.82) is 0 Å². The monoisotopic (exact) mass is 423 g/mol. The van der Waals surface area contributed by atoms with Crippen molar-refractivity contribution in [3.05, 3.63) is 48.0 Å². The van der Waals surface area contributed by atoms with Crippen LogP contribution in [-0.4, -0.2) is 59.3 Å². The van der Waals surface area contributed by atoms with E-state index in [2.05, 4.69) is 63.8 Å². The Bertz CT molecular complexity index is 1040. The fourth-order valence-electron chi connectivity index (χ4n) is 3.93. The molecule has 1 N–H and O–H groups in total. The van der Waals surface area contributed by atoms with Gasteiger partial charge in [-0.05, 0) is 56.8 Å². The van der Waals surface area contributed by atoms with E-state index < -0.39 is 0 Å². The molecule has 30 heavy (non-hydrogen) atoms. The lowest BCUT2D eigenvalue weighted by Crippen LogP contribution is -2.44. The van der Waals surface area contributed by atoms with E-state index >= 15 is 0 Å². The summed E-state index contributed by atoms with van der Waals surface area (Å²) in [5.74, 6) is 0.323. The number of likely N-dealkylation sites (N-methyl/N-ethyl adjacent to an activating group) is 1. The van der Waals surface area contributed by atoms with Gasteiger partial charge in [0.05, 0.1) is 16.8 Å². The van der Waals surface area contributed by atoms with Crippen molar-refractivity contribution >= 4 is 40.1 Å². The molecule has 1 aromatic heterocycles. The SMILES string of the molecule is CCn1c(SCC(=O)Nc2ccc(N3CCN(C)CC3)c(C)c2)nc2ccccc21. The number of benzene rings is 2. The van der Waals surface area contributed by atoms with Gasteiger partial charge in [0, 0.05) is 44.1 Å². The maximum Gasteiger partial charge on any atom is 0.234 e. The molecule has 158 valence electrons. The molecular formula is C23H29N5OS. The Morgan fingerprint density at radius 3 is 2.63 bits per heavy atom.